The maximum absolute atomic E-state index is 5.45. The molecule has 2 N–H and O–H groups in total. The van der Waals surface area contributed by atoms with Gasteiger partial charge in [0.1, 0.15) is 0 Å². The third-order valence-corrected chi connectivity index (χ3v) is 5.66. The van der Waals surface area contributed by atoms with Crippen molar-refractivity contribution in [2.75, 3.05) is 20.8 Å². The minimum atomic E-state index is 0.506. The van der Waals surface area contributed by atoms with Crippen LogP contribution < -0.4 is 20.1 Å². The zero-order valence-electron chi connectivity index (χ0n) is 14.7. The van der Waals surface area contributed by atoms with Crippen LogP contribution in [0.1, 0.15) is 38.2 Å². The quantitative estimate of drug-likeness (QED) is 0.687. The summed E-state index contributed by atoms with van der Waals surface area (Å²) in [7, 11) is 3.29. The molecule has 6 heteroatoms. The summed E-state index contributed by atoms with van der Waals surface area (Å²) in [5.41, 5.74) is 1.16. The van der Waals surface area contributed by atoms with Crippen molar-refractivity contribution in [1.29, 1.82) is 0 Å². The summed E-state index contributed by atoms with van der Waals surface area (Å²) < 4.78 is 11.7. The van der Waals surface area contributed by atoms with Gasteiger partial charge in [-0.2, -0.15) is 0 Å². The first-order valence-electron chi connectivity index (χ1n) is 8.50. The molecule has 1 aromatic rings. The summed E-state index contributed by atoms with van der Waals surface area (Å²) in [4.78, 5) is 0. The SMILES string of the molecule is COc1cc(Br)c(CCNC(=S)N[C@H]2CCCC[C@@H]2C)cc1OC. The molecular weight excluding hydrogens is 388 g/mol. The van der Waals surface area contributed by atoms with Crippen LogP contribution >= 0.6 is 28.1 Å². The van der Waals surface area contributed by atoms with Crippen molar-refractivity contribution in [2.45, 2.75) is 45.1 Å². The van der Waals surface area contributed by atoms with Crippen molar-refractivity contribution >= 4 is 33.3 Å². The third-order valence-electron chi connectivity index (χ3n) is 4.66. The molecule has 0 aromatic heterocycles. The molecule has 1 aliphatic rings. The molecule has 1 aliphatic carbocycles. The van der Waals surface area contributed by atoms with E-state index in [1.807, 2.05) is 12.1 Å². The van der Waals surface area contributed by atoms with E-state index in [0.29, 0.717) is 12.0 Å². The highest BCUT2D eigenvalue weighted by Gasteiger charge is 2.21. The van der Waals surface area contributed by atoms with Crippen LogP contribution in [0, 0.1) is 5.92 Å². The summed E-state index contributed by atoms with van der Waals surface area (Å²) in [6.07, 6.45) is 5.99. The number of benzene rings is 1. The van der Waals surface area contributed by atoms with Crippen LogP contribution in [0.2, 0.25) is 0 Å². The second-order valence-electron chi connectivity index (χ2n) is 6.32. The molecular formula is C18H27BrN2O2S. The highest BCUT2D eigenvalue weighted by molar-refractivity contribution is 9.10. The van der Waals surface area contributed by atoms with Gasteiger partial charge in [0.25, 0.3) is 0 Å². The average Bonchev–Trinajstić information content (AvgIpc) is 2.58. The fourth-order valence-corrected chi connectivity index (χ4v) is 3.92. The first kappa shape index (κ1) is 19.3. The van der Waals surface area contributed by atoms with Crippen LogP contribution in [-0.4, -0.2) is 31.9 Å². The number of ether oxygens (including phenoxy) is 2. The number of rotatable bonds is 6. The Balaban J connectivity index is 1.84. The number of nitrogens with one attached hydrogen (secondary N) is 2. The lowest BCUT2D eigenvalue weighted by molar-refractivity contribution is 0.308. The smallest absolute Gasteiger partial charge is 0.166 e. The lowest BCUT2D eigenvalue weighted by Gasteiger charge is -2.30. The van der Waals surface area contributed by atoms with E-state index in [0.717, 1.165) is 39.6 Å². The molecule has 1 aromatic carbocycles. The fraction of sp³-hybridized carbons (Fsp3) is 0.611. The van der Waals surface area contributed by atoms with Crippen molar-refractivity contribution in [3.8, 4) is 11.5 Å². The van der Waals surface area contributed by atoms with E-state index in [-0.39, 0.29) is 0 Å². The minimum absolute atomic E-state index is 0.506. The van der Waals surface area contributed by atoms with Gasteiger partial charge in [-0.05, 0) is 55.1 Å². The van der Waals surface area contributed by atoms with Crippen LogP contribution in [0.25, 0.3) is 0 Å². The standard InChI is InChI=1S/C18H27BrN2O2S/c1-12-6-4-5-7-15(12)21-18(24)20-9-8-13-10-16(22-2)17(23-3)11-14(13)19/h10-12,15H,4-9H2,1-3H3,(H2,20,21,24)/t12-,15-/m0/s1. The van der Waals surface area contributed by atoms with Gasteiger partial charge < -0.3 is 20.1 Å². The number of hydrogen-bond donors (Lipinski definition) is 2. The normalized spacial score (nSPS) is 20.3. The molecule has 0 radical (unpaired) electrons. The molecule has 1 saturated carbocycles. The van der Waals surface area contributed by atoms with Crippen molar-refractivity contribution in [2.24, 2.45) is 5.92 Å². The Labute approximate surface area is 158 Å². The van der Waals surface area contributed by atoms with Crippen LogP contribution in [0.3, 0.4) is 0 Å². The Morgan fingerprint density at radius 2 is 1.88 bits per heavy atom. The molecule has 0 spiro atoms. The zero-order valence-corrected chi connectivity index (χ0v) is 17.1. The van der Waals surface area contributed by atoms with Crippen LogP contribution in [-0.2, 0) is 6.42 Å². The molecule has 0 bridgehead atoms. The molecule has 2 rings (SSSR count). The predicted molar refractivity (Wildman–Crippen MR) is 106 cm³/mol. The molecule has 2 atom stereocenters. The van der Waals surface area contributed by atoms with Crippen molar-refractivity contribution in [1.82, 2.24) is 10.6 Å². The zero-order chi connectivity index (χ0) is 17.5. The molecule has 0 heterocycles. The van der Waals surface area contributed by atoms with Crippen LogP contribution in [0.15, 0.2) is 16.6 Å². The maximum atomic E-state index is 5.45. The van der Waals surface area contributed by atoms with E-state index in [1.165, 1.54) is 25.7 Å². The monoisotopic (exact) mass is 414 g/mol. The van der Waals surface area contributed by atoms with Gasteiger partial charge in [-0.15, -0.1) is 0 Å². The number of halogens is 1. The summed E-state index contributed by atoms with van der Waals surface area (Å²) in [5, 5.41) is 7.55. The Morgan fingerprint density at radius 3 is 2.54 bits per heavy atom. The lowest BCUT2D eigenvalue weighted by Crippen LogP contribution is -2.46. The van der Waals surface area contributed by atoms with Gasteiger partial charge in [-0.3, -0.25) is 0 Å². The molecule has 0 unspecified atom stereocenters. The van der Waals surface area contributed by atoms with E-state index in [9.17, 15) is 0 Å². The van der Waals surface area contributed by atoms with Gasteiger partial charge in [0.15, 0.2) is 16.6 Å². The Bertz CT molecular complexity index is 568. The first-order valence-corrected chi connectivity index (χ1v) is 9.70. The summed E-state index contributed by atoms with van der Waals surface area (Å²) in [6, 6.07) is 4.45. The van der Waals surface area contributed by atoms with Gasteiger partial charge in [-0.25, -0.2) is 0 Å². The second kappa shape index (κ2) is 9.47. The summed E-state index contributed by atoms with van der Waals surface area (Å²) in [6.45, 7) is 3.08. The molecule has 0 amide bonds. The van der Waals surface area contributed by atoms with Gasteiger partial charge in [-0.1, -0.05) is 35.7 Å². The van der Waals surface area contributed by atoms with Gasteiger partial charge in [0, 0.05) is 17.1 Å². The average molecular weight is 415 g/mol. The Morgan fingerprint density at radius 1 is 1.21 bits per heavy atom. The molecule has 4 nitrogen and oxygen atoms in total. The minimum Gasteiger partial charge on any atom is -0.493 e. The predicted octanol–water partition coefficient (Wildman–Crippen LogP) is 4.05. The maximum Gasteiger partial charge on any atom is 0.166 e. The number of methoxy groups -OCH3 is 2. The molecule has 0 aliphatic heterocycles. The largest absolute Gasteiger partial charge is 0.493 e. The highest BCUT2D eigenvalue weighted by atomic mass is 79.9. The van der Waals surface area contributed by atoms with E-state index >= 15 is 0 Å². The number of hydrogen-bond acceptors (Lipinski definition) is 3. The first-order chi connectivity index (χ1) is 11.5. The molecule has 24 heavy (non-hydrogen) atoms. The van der Waals surface area contributed by atoms with Crippen LogP contribution in [0.5, 0.6) is 11.5 Å². The van der Waals surface area contributed by atoms with Crippen molar-refractivity contribution in [3.63, 3.8) is 0 Å². The molecule has 0 saturated heterocycles. The van der Waals surface area contributed by atoms with E-state index in [4.69, 9.17) is 21.7 Å². The van der Waals surface area contributed by atoms with Gasteiger partial charge in [0.2, 0.25) is 0 Å². The summed E-state index contributed by atoms with van der Waals surface area (Å²) in [5.74, 6) is 2.16. The van der Waals surface area contributed by atoms with Crippen molar-refractivity contribution < 1.29 is 9.47 Å². The lowest BCUT2D eigenvalue weighted by atomic mass is 9.86. The molecule has 1 fully saturated rings. The summed E-state index contributed by atoms with van der Waals surface area (Å²) >= 11 is 9.04. The van der Waals surface area contributed by atoms with Gasteiger partial charge >= 0.3 is 0 Å². The molecule has 134 valence electrons. The Kier molecular flexibility index (Phi) is 7.62. The van der Waals surface area contributed by atoms with E-state index in [2.05, 4.69) is 33.5 Å². The van der Waals surface area contributed by atoms with Crippen molar-refractivity contribution in [3.05, 3.63) is 22.2 Å². The van der Waals surface area contributed by atoms with E-state index in [1.54, 1.807) is 14.2 Å². The van der Waals surface area contributed by atoms with E-state index < -0.39 is 0 Å². The third kappa shape index (κ3) is 5.24. The second-order valence-corrected chi connectivity index (χ2v) is 7.58. The van der Waals surface area contributed by atoms with Gasteiger partial charge in [0.05, 0.1) is 14.2 Å². The topological polar surface area (TPSA) is 42.5 Å². The highest BCUT2D eigenvalue weighted by Crippen LogP contribution is 2.33. The van der Waals surface area contributed by atoms with Crippen LogP contribution in [0.4, 0.5) is 0 Å². The fourth-order valence-electron chi connectivity index (χ4n) is 3.15. The number of thiocarbonyl (C=S) groups is 1. The Hall–Kier alpha value is -1.01.